The number of carbonyl (C=O) groups excluding carboxylic acids is 1. The van der Waals surface area contributed by atoms with Gasteiger partial charge in [-0.25, -0.2) is 4.79 Å². The van der Waals surface area contributed by atoms with Crippen LogP contribution in [-0.2, 0) is 29.6 Å². The van der Waals surface area contributed by atoms with Crippen molar-refractivity contribution < 1.29 is 27.9 Å². The van der Waals surface area contributed by atoms with Crippen molar-refractivity contribution in [3.63, 3.8) is 0 Å². The Balaban J connectivity index is 2.38. The summed E-state index contributed by atoms with van der Waals surface area (Å²) in [6, 6.07) is 3.64. The minimum Gasteiger partial charge on any atom is -0.497 e. The number of esters is 1. The molecule has 1 aromatic rings. The molecule has 2 unspecified atom stereocenters. The number of rotatable bonds is 6. The zero-order valence-electron chi connectivity index (χ0n) is 14.4. The minimum absolute atomic E-state index is 0.260. The molecule has 0 saturated heterocycles. The number of methoxy groups -OCH3 is 1. The van der Waals surface area contributed by atoms with E-state index in [1.165, 1.54) is 6.08 Å². The Kier molecular flexibility index (Phi) is 6.21. The highest BCUT2D eigenvalue weighted by atomic mass is 31.2. The third kappa shape index (κ3) is 4.07. The summed E-state index contributed by atoms with van der Waals surface area (Å²) in [5.74, 6) is 0.226. The van der Waals surface area contributed by atoms with Gasteiger partial charge >= 0.3 is 13.6 Å². The molecule has 1 aliphatic rings. The van der Waals surface area contributed by atoms with Gasteiger partial charge in [0.2, 0.25) is 0 Å². The van der Waals surface area contributed by atoms with E-state index in [0.717, 1.165) is 11.1 Å². The van der Waals surface area contributed by atoms with Gasteiger partial charge in [-0.15, -0.1) is 0 Å². The number of hydrogen-bond donors (Lipinski definition) is 0. The lowest BCUT2D eigenvalue weighted by Gasteiger charge is -2.31. The monoisotopic (exact) mass is 354 g/mol. The smallest absolute Gasteiger partial charge is 0.362 e. The topological polar surface area (TPSA) is 71.1 Å². The number of ether oxygens (including phenoxy) is 2. The Hall–Kier alpha value is -1.62. The van der Waals surface area contributed by atoms with Crippen LogP contribution < -0.4 is 10.0 Å². The molecule has 7 heteroatoms. The lowest BCUT2D eigenvalue weighted by atomic mass is 10.0. The van der Waals surface area contributed by atoms with E-state index in [4.69, 9.17) is 18.5 Å². The predicted octanol–water partition coefficient (Wildman–Crippen LogP) is 2.92. The first-order valence-corrected chi connectivity index (χ1v) is 9.43. The molecule has 24 heavy (non-hydrogen) atoms. The highest BCUT2D eigenvalue weighted by molar-refractivity contribution is 7.62. The lowest BCUT2D eigenvalue weighted by molar-refractivity contribution is -0.137. The van der Waals surface area contributed by atoms with Crippen LogP contribution in [0.5, 0.6) is 5.75 Å². The van der Waals surface area contributed by atoms with Crippen molar-refractivity contribution in [2.75, 3.05) is 20.3 Å². The standard InChI is InChI=1S/C17H23O6P/c1-5-21-16(18)8-7-14-10-13-11-15(20-4)9-12(3)17(13)24(19,23-14)22-6-2/h7-9,11,14H,5-6,10H2,1-4H3/b8-7+. The molecule has 2 rings (SSSR count). The second kappa shape index (κ2) is 7.97. The van der Waals surface area contributed by atoms with Crippen molar-refractivity contribution in [2.45, 2.75) is 33.3 Å². The maximum atomic E-state index is 13.2. The Morgan fingerprint density at radius 3 is 2.75 bits per heavy atom. The predicted molar refractivity (Wildman–Crippen MR) is 90.9 cm³/mol. The molecule has 1 aliphatic heterocycles. The third-order valence-corrected chi connectivity index (χ3v) is 5.92. The molecule has 2 atom stereocenters. The summed E-state index contributed by atoms with van der Waals surface area (Å²) in [5, 5.41) is 0.589. The first kappa shape index (κ1) is 18.7. The SMILES string of the molecule is CCOC(=O)/C=C/C1Cc2cc(OC)cc(C)c2P(=O)(OCC)O1. The number of carbonyl (C=O) groups is 1. The fraction of sp³-hybridized carbons (Fsp3) is 0.471. The van der Waals surface area contributed by atoms with E-state index in [1.807, 2.05) is 19.1 Å². The molecule has 0 amide bonds. The second-order valence-corrected chi connectivity index (χ2v) is 7.24. The summed E-state index contributed by atoms with van der Waals surface area (Å²) in [7, 11) is -1.88. The average Bonchev–Trinajstić information content (AvgIpc) is 2.52. The molecule has 0 radical (unpaired) electrons. The molecule has 0 saturated carbocycles. The minimum atomic E-state index is -3.46. The number of aryl methyl sites for hydroxylation is 1. The molecule has 0 fully saturated rings. The van der Waals surface area contributed by atoms with E-state index in [2.05, 4.69) is 0 Å². The van der Waals surface area contributed by atoms with Crippen LogP contribution >= 0.6 is 7.60 Å². The van der Waals surface area contributed by atoms with E-state index >= 15 is 0 Å². The number of hydrogen-bond acceptors (Lipinski definition) is 6. The largest absolute Gasteiger partial charge is 0.497 e. The van der Waals surface area contributed by atoms with Crippen LogP contribution in [0, 0.1) is 6.92 Å². The highest BCUT2D eigenvalue weighted by Crippen LogP contribution is 2.53. The molecule has 0 aromatic heterocycles. The number of benzene rings is 1. The van der Waals surface area contributed by atoms with E-state index in [1.54, 1.807) is 27.0 Å². The lowest BCUT2D eigenvalue weighted by Crippen LogP contribution is -2.30. The molecular weight excluding hydrogens is 331 g/mol. The summed E-state index contributed by atoms with van der Waals surface area (Å²) in [4.78, 5) is 11.5. The van der Waals surface area contributed by atoms with Crippen LogP contribution in [0.15, 0.2) is 24.3 Å². The fourth-order valence-corrected chi connectivity index (χ4v) is 4.85. The van der Waals surface area contributed by atoms with Gasteiger partial charge in [0.05, 0.1) is 31.7 Å². The molecule has 132 valence electrons. The van der Waals surface area contributed by atoms with Crippen LogP contribution in [0.3, 0.4) is 0 Å². The van der Waals surface area contributed by atoms with Gasteiger partial charge in [0.25, 0.3) is 0 Å². The van der Waals surface area contributed by atoms with Gasteiger partial charge in [-0.2, -0.15) is 0 Å². The normalized spacial score (nSPS) is 23.1. The maximum absolute atomic E-state index is 13.2. The Morgan fingerprint density at radius 2 is 2.12 bits per heavy atom. The molecule has 1 aromatic carbocycles. The molecule has 6 nitrogen and oxygen atoms in total. The van der Waals surface area contributed by atoms with Gasteiger partial charge in [0.15, 0.2) is 0 Å². The maximum Gasteiger partial charge on any atom is 0.362 e. The summed E-state index contributed by atoms with van der Waals surface area (Å²) >= 11 is 0. The first-order valence-electron chi connectivity index (χ1n) is 7.89. The van der Waals surface area contributed by atoms with Gasteiger partial charge in [-0.1, -0.05) is 0 Å². The highest BCUT2D eigenvalue weighted by Gasteiger charge is 2.39. The molecule has 1 heterocycles. The fourth-order valence-electron chi connectivity index (χ4n) is 2.71. The van der Waals surface area contributed by atoms with Gasteiger partial charge in [0.1, 0.15) is 5.75 Å². The zero-order chi connectivity index (χ0) is 17.7. The molecular formula is C17H23O6P. The quantitative estimate of drug-likeness (QED) is 0.444. The van der Waals surface area contributed by atoms with Crippen molar-refractivity contribution in [2.24, 2.45) is 0 Å². The molecule has 0 N–H and O–H groups in total. The molecule has 0 spiro atoms. The second-order valence-electron chi connectivity index (χ2n) is 5.33. The number of fused-ring (bicyclic) bond motifs is 1. The van der Waals surface area contributed by atoms with Crippen LogP contribution in [0.2, 0.25) is 0 Å². The van der Waals surface area contributed by atoms with Crippen molar-refractivity contribution in [3.05, 3.63) is 35.4 Å². The van der Waals surface area contributed by atoms with Crippen molar-refractivity contribution in [1.82, 2.24) is 0 Å². The Labute approximate surface area is 142 Å². The van der Waals surface area contributed by atoms with Gasteiger partial charge in [-0.05, 0) is 50.1 Å². The summed E-state index contributed by atoms with van der Waals surface area (Å²) in [6.07, 6.45) is 2.79. The summed E-state index contributed by atoms with van der Waals surface area (Å²) < 4.78 is 34.6. The van der Waals surface area contributed by atoms with E-state index in [0.29, 0.717) is 24.1 Å². The van der Waals surface area contributed by atoms with Gasteiger partial charge in [-0.3, -0.25) is 9.09 Å². The van der Waals surface area contributed by atoms with Crippen molar-refractivity contribution >= 4 is 18.9 Å². The van der Waals surface area contributed by atoms with Crippen molar-refractivity contribution in [1.29, 1.82) is 0 Å². The van der Waals surface area contributed by atoms with Crippen LogP contribution in [-0.4, -0.2) is 32.4 Å². The Bertz CT molecular complexity index is 682. The first-order chi connectivity index (χ1) is 11.4. The molecule has 0 aliphatic carbocycles. The zero-order valence-corrected chi connectivity index (χ0v) is 15.3. The van der Waals surface area contributed by atoms with Crippen LogP contribution in [0.1, 0.15) is 25.0 Å². The summed E-state index contributed by atoms with van der Waals surface area (Å²) in [5.41, 5.74) is 1.64. The van der Waals surface area contributed by atoms with E-state index in [-0.39, 0.29) is 6.61 Å². The van der Waals surface area contributed by atoms with Gasteiger partial charge < -0.3 is 14.0 Å². The van der Waals surface area contributed by atoms with E-state index < -0.39 is 19.7 Å². The van der Waals surface area contributed by atoms with E-state index in [9.17, 15) is 9.36 Å². The Morgan fingerprint density at radius 1 is 1.38 bits per heavy atom. The van der Waals surface area contributed by atoms with Crippen LogP contribution in [0.4, 0.5) is 0 Å². The van der Waals surface area contributed by atoms with Crippen molar-refractivity contribution in [3.8, 4) is 5.75 Å². The summed E-state index contributed by atoms with van der Waals surface area (Å²) in [6.45, 7) is 5.91. The average molecular weight is 354 g/mol. The van der Waals surface area contributed by atoms with Crippen LogP contribution in [0.25, 0.3) is 0 Å². The molecule has 0 bridgehead atoms. The van der Waals surface area contributed by atoms with Gasteiger partial charge in [0, 0.05) is 12.5 Å². The third-order valence-electron chi connectivity index (χ3n) is 3.59.